The summed E-state index contributed by atoms with van der Waals surface area (Å²) in [5.74, 6) is -1.21. The summed E-state index contributed by atoms with van der Waals surface area (Å²) in [5, 5.41) is 5.27. The molecule has 0 radical (unpaired) electrons. The monoisotopic (exact) mass is 395 g/mol. The highest BCUT2D eigenvalue weighted by molar-refractivity contribution is 5.95. The van der Waals surface area contributed by atoms with Gasteiger partial charge in [0.05, 0.1) is 29.5 Å². The van der Waals surface area contributed by atoms with Gasteiger partial charge in [-0.3, -0.25) is 0 Å². The Morgan fingerprint density at radius 3 is 2.34 bits per heavy atom. The van der Waals surface area contributed by atoms with Gasteiger partial charge < -0.3 is 25.8 Å². The van der Waals surface area contributed by atoms with Gasteiger partial charge >= 0.3 is 18.0 Å². The summed E-state index contributed by atoms with van der Waals surface area (Å²) >= 11 is 0. The first kappa shape index (κ1) is 19.9. The van der Waals surface area contributed by atoms with Crippen molar-refractivity contribution in [2.24, 2.45) is 0 Å². The van der Waals surface area contributed by atoms with Gasteiger partial charge in [-0.1, -0.05) is 30.3 Å². The molecule has 2 aromatic rings. The van der Waals surface area contributed by atoms with Crippen molar-refractivity contribution in [3.05, 3.63) is 77.0 Å². The average Bonchev–Trinajstić information content (AvgIpc) is 2.72. The predicted molar refractivity (Wildman–Crippen MR) is 106 cm³/mol. The third kappa shape index (κ3) is 4.73. The van der Waals surface area contributed by atoms with Crippen LogP contribution in [0.3, 0.4) is 0 Å². The first-order valence-electron chi connectivity index (χ1n) is 9.05. The van der Waals surface area contributed by atoms with E-state index in [1.807, 2.05) is 6.07 Å². The number of anilines is 1. The smallest absolute Gasteiger partial charge is 0.338 e. The maximum absolute atomic E-state index is 12.6. The lowest BCUT2D eigenvalue weighted by atomic mass is 9.95. The Hall–Kier alpha value is -3.81. The molecule has 0 bridgehead atoms. The predicted octanol–water partition coefficient (Wildman–Crippen LogP) is 2.30. The van der Waals surface area contributed by atoms with Crippen LogP contribution in [-0.4, -0.2) is 31.2 Å². The second-order valence-electron chi connectivity index (χ2n) is 6.25. The molecule has 0 unspecified atom stereocenters. The number of hydrogen-bond acceptors (Lipinski definition) is 6. The molecule has 29 heavy (non-hydrogen) atoms. The molecule has 2 aromatic carbocycles. The Bertz CT molecular complexity index is 939. The molecule has 4 N–H and O–H groups in total. The highest BCUT2D eigenvalue weighted by Crippen LogP contribution is 2.28. The van der Waals surface area contributed by atoms with Gasteiger partial charge in [0.2, 0.25) is 0 Å². The Kier molecular flexibility index (Phi) is 6.13. The molecule has 0 saturated heterocycles. The highest BCUT2D eigenvalue weighted by Gasteiger charge is 2.34. The zero-order valence-corrected chi connectivity index (χ0v) is 15.8. The summed E-state index contributed by atoms with van der Waals surface area (Å²) < 4.78 is 10.5. The van der Waals surface area contributed by atoms with Crippen molar-refractivity contribution in [2.75, 3.05) is 18.9 Å². The van der Waals surface area contributed by atoms with Gasteiger partial charge in [0.1, 0.15) is 6.61 Å². The number of carbonyl (C=O) groups excluding carboxylic acids is 3. The van der Waals surface area contributed by atoms with Gasteiger partial charge in [-0.2, -0.15) is 0 Å². The van der Waals surface area contributed by atoms with Crippen molar-refractivity contribution in [3.63, 3.8) is 0 Å². The SMILES string of the molecule is CCOC(=O)C1=C(COC(=O)c2ccc(N)cc2)NC(=O)N[C@@H]1c1ccccc1. The number of nitrogens with one attached hydrogen (secondary N) is 2. The molecule has 3 rings (SSSR count). The molecule has 1 heterocycles. The van der Waals surface area contributed by atoms with Crippen LogP contribution in [0.4, 0.5) is 10.5 Å². The molecule has 1 aliphatic heterocycles. The van der Waals surface area contributed by atoms with Gasteiger partial charge in [-0.05, 0) is 36.8 Å². The van der Waals surface area contributed by atoms with Crippen LogP contribution in [0, 0.1) is 0 Å². The molecule has 0 aliphatic carbocycles. The molecular weight excluding hydrogens is 374 g/mol. The van der Waals surface area contributed by atoms with Crippen LogP contribution in [0.2, 0.25) is 0 Å². The van der Waals surface area contributed by atoms with E-state index in [1.54, 1.807) is 43.3 Å². The summed E-state index contributed by atoms with van der Waals surface area (Å²) in [6.07, 6.45) is 0. The van der Waals surface area contributed by atoms with Crippen molar-refractivity contribution < 1.29 is 23.9 Å². The van der Waals surface area contributed by atoms with E-state index in [-0.39, 0.29) is 24.5 Å². The first-order valence-corrected chi connectivity index (χ1v) is 9.05. The molecule has 0 aromatic heterocycles. The lowest BCUT2D eigenvalue weighted by Crippen LogP contribution is -2.47. The minimum atomic E-state index is -0.728. The normalized spacial score (nSPS) is 15.9. The van der Waals surface area contributed by atoms with E-state index in [4.69, 9.17) is 15.2 Å². The van der Waals surface area contributed by atoms with Crippen molar-refractivity contribution in [3.8, 4) is 0 Å². The number of nitrogen functional groups attached to an aromatic ring is 1. The Labute approximate surface area is 167 Å². The van der Waals surface area contributed by atoms with E-state index < -0.39 is 24.0 Å². The van der Waals surface area contributed by atoms with Crippen LogP contribution in [0.15, 0.2) is 65.9 Å². The Morgan fingerprint density at radius 1 is 1.00 bits per heavy atom. The molecular formula is C21H21N3O5. The van der Waals surface area contributed by atoms with E-state index in [2.05, 4.69) is 10.6 Å². The molecule has 2 amide bonds. The summed E-state index contributed by atoms with van der Waals surface area (Å²) in [5.41, 5.74) is 7.50. The third-order valence-electron chi connectivity index (χ3n) is 4.28. The number of hydrogen-bond donors (Lipinski definition) is 3. The minimum Gasteiger partial charge on any atom is -0.463 e. The number of rotatable bonds is 6. The van der Waals surface area contributed by atoms with E-state index in [0.29, 0.717) is 16.8 Å². The summed E-state index contributed by atoms with van der Waals surface area (Å²) in [4.78, 5) is 37.1. The van der Waals surface area contributed by atoms with Gasteiger partial charge in [0.25, 0.3) is 0 Å². The van der Waals surface area contributed by atoms with Gasteiger partial charge in [-0.15, -0.1) is 0 Å². The van der Waals surface area contributed by atoms with Crippen molar-refractivity contribution >= 4 is 23.7 Å². The molecule has 150 valence electrons. The fourth-order valence-corrected chi connectivity index (χ4v) is 2.92. The lowest BCUT2D eigenvalue weighted by molar-refractivity contribution is -0.139. The second kappa shape index (κ2) is 8.92. The standard InChI is InChI=1S/C21H21N3O5/c1-2-28-20(26)17-16(12-29-19(25)14-8-10-15(22)11-9-14)23-21(27)24-18(17)13-6-4-3-5-7-13/h3-11,18H,2,12,22H2,1H3,(H2,23,24,27)/t18-/m1/s1. The molecule has 8 nitrogen and oxygen atoms in total. The number of carbonyl (C=O) groups is 3. The molecule has 0 fully saturated rings. The molecule has 8 heteroatoms. The average molecular weight is 395 g/mol. The second-order valence-corrected chi connectivity index (χ2v) is 6.25. The highest BCUT2D eigenvalue weighted by atomic mass is 16.5. The van der Waals surface area contributed by atoms with Gasteiger partial charge in [0.15, 0.2) is 0 Å². The van der Waals surface area contributed by atoms with Crippen molar-refractivity contribution in [2.45, 2.75) is 13.0 Å². The molecule has 1 aliphatic rings. The van der Waals surface area contributed by atoms with E-state index in [9.17, 15) is 14.4 Å². The van der Waals surface area contributed by atoms with Crippen molar-refractivity contribution in [1.82, 2.24) is 10.6 Å². The van der Waals surface area contributed by atoms with Crippen LogP contribution in [0.25, 0.3) is 0 Å². The molecule has 0 spiro atoms. The Balaban J connectivity index is 1.89. The zero-order chi connectivity index (χ0) is 20.8. The van der Waals surface area contributed by atoms with E-state index in [0.717, 1.165) is 0 Å². The largest absolute Gasteiger partial charge is 0.463 e. The third-order valence-corrected chi connectivity index (χ3v) is 4.28. The lowest BCUT2D eigenvalue weighted by Gasteiger charge is -2.29. The molecule has 0 saturated carbocycles. The van der Waals surface area contributed by atoms with E-state index in [1.165, 1.54) is 12.1 Å². The number of amides is 2. The zero-order valence-electron chi connectivity index (χ0n) is 15.8. The number of esters is 2. The number of urea groups is 1. The summed E-state index contributed by atoms with van der Waals surface area (Å²) in [6, 6.07) is 14.0. The van der Waals surface area contributed by atoms with Crippen LogP contribution in [0.5, 0.6) is 0 Å². The van der Waals surface area contributed by atoms with Crippen LogP contribution in [-0.2, 0) is 14.3 Å². The van der Waals surface area contributed by atoms with E-state index >= 15 is 0 Å². The number of nitrogens with two attached hydrogens (primary N) is 1. The fraction of sp³-hybridized carbons (Fsp3) is 0.190. The van der Waals surface area contributed by atoms with Crippen LogP contribution >= 0.6 is 0 Å². The molecule has 1 atom stereocenters. The fourth-order valence-electron chi connectivity index (χ4n) is 2.92. The topological polar surface area (TPSA) is 120 Å². The van der Waals surface area contributed by atoms with Crippen LogP contribution in [0.1, 0.15) is 28.9 Å². The quantitative estimate of drug-likeness (QED) is 0.510. The number of benzene rings is 2. The van der Waals surface area contributed by atoms with Crippen LogP contribution < -0.4 is 16.4 Å². The van der Waals surface area contributed by atoms with Crippen molar-refractivity contribution in [1.29, 1.82) is 0 Å². The summed E-state index contributed by atoms with van der Waals surface area (Å²) in [7, 11) is 0. The first-order chi connectivity index (χ1) is 14.0. The van der Waals surface area contributed by atoms with Gasteiger partial charge in [0, 0.05) is 5.69 Å². The number of ether oxygens (including phenoxy) is 2. The summed E-state index contributed by atoms with van der Waals surface area (Å²) in [6.45, 7) is 1.55. The van der Waals surface area contributed by atoms with Gasteiger partial charge in [-0.25, -0.2) is 14.4 Å². The minimum absolute atomic E-state index is 0.163. The Morgan fingerprint density at radius 2 is 1.69 bits per heavy atom. The maximum Gasteiger partial charge on any atom is 0.338 e. The maximum atomic E-state index is 12.6.